The van der Waals surface area contributed by atoms with E-state index < -0.39 is 0 Å². The Morgan fingerprint density at radius 1 is 1.04 bits per heavy atom. The van der Waals surface area contributed by atoms with E-state index in [1.165, 1.54) is 0 Å². The fraction of sp³-hybridized carbons (Fsp3) is 0.227. The fourth-order valence-corrected chi connectivity index (χ4v) is 3.16. The zero-order chi connectivity index (χ0) is 17.8. The molecule has 1 amide bonds. The maximum atomic E-state index is 12.6. The Kier molecular flexibility index (Phi) is 4.84. The fourth-order valence-electron chi connectivity index (χ4n) is 3.16. The molecule has 3 aromatic carbocycles. The van der Waals surface area contributed by atoms with E-state index in [9.17, 15) is 4.79 Å². The molecule has 1 aliphatic rings. The van der Waals surface area contributed by atoms with Gasteiger partial charge in [0.1, 0.15) is 12.4 Å². The second-order valence-electron chi connectivity index (χ2n) is 6.49. The van der Waals surface area contributed by atoms with Crippen molar-refractivity contribution < 1.29 is 14.3 Å². The standard InChI is InChI=1S/C22H21NO3/c24-22(18-11-10-16-5-1-2-6-17(16)13-18)23-19-7-3-8-20(14-19)26-15-21-9-4-12-25-21/h1-3,5-8,10-11,13-14,21H,4,9,12,15H2,(H,23,24). The molecule has 0 radical (unpaired) electrons. The maximum Gasteiger partial charge on any atom is 0.255 e. The Morgan fingerprint density at radius 2 is 1.92 bits per heavy atom. The van der Waals surface area contributed by atoms with E-state index in [0.717, 1.165) is 36.0 Å². The van der Waals surface area contributed by atoms with Crippen LogP contribution >= 0.6 is 0 Å². The molecule has 1 atom stereocenters. The minimum Gasteiger partial charge on any atom is -0.491 e. The summed E-state index contributed by atoms with van der Waals surface area (Å²) in [7, 11) is 0. The highest BCUT2D eigenvalue weighted by molar-refractivity contribution is 6.06. The van der Waals surface area contributed by atoms with Crippen molar-refractivity contribution >= 4 is 22.4 Å². The van der Waals surface area contributed by atoms with Gasteiger partial charge in [-0.05, 0) is 47.9 Å². The first-order valence-electron chi connectivity index (χ1n) is 8.92. The number of hydrogen-bond donors (Lipinski definition) is 1. The first kappa shape index (κ1) is 16.6. The van der Waals surface area contributed by atoms with Crippen LogP contribution in [0.15, 0.2) is 66.7 Å². The van der Waals surface area contributed by atoms with Gasteiger partial charge in [0.05, 0.1) is 6.10 Å². The van der Waals surface area contributed by atoms with Gasteiger partial charge in [0.25, 0.3) is 5.91 Å². The van der Waals surface area contributed by atoms with Gasteiger partial charge in [0.15, 0.2) is 0 Å². The predicted molar refractivity (Wildman–Crippen MR) is 103 cm³/mol. The average Bonchev–Trinajstić information content (AvgIpc) is 3.20. The van der Waals surface area contributed by atoms with Crippen LogP contribution in [-0.2, 0) is 4.74 Å². The van der Waals surface area contributed by atoms with Gasteiger partial charge in [0.2, 0.25) is 0 Å². The number of ether oxygens (including phenoxy) is 2. The molecule has 1 heterocycles. The summed E-state index contributed by atoms with van der Waals surface area (Å²) in [6.45, 7) is 1.36. The number of anilines is 1. The summed E-state index contributed by atoms with van der Waals surface area (Å²) in [6.07, 6.45) is 2.31. The molecule has 0 saturated carbocycles. The average molecular weight is 347 g/mol. The molecular formula is C22H21NO3. The molecule has 0 aromatic heterocycles. The quantitative estimate of drug-likeness (QED) is 0.731. The molecular weight excluding hydrogens is 326 g/mol. The van der Waals surface area contributed by atoms with E-state index in [0.29, 0.717) is 17.9 Å². The first-order chi connectivity index (χ1) is 12.8. The number of hydrogen-bond acceptors (Lipinski definition) is 3. The van der Waals surface area contributed by atoms with Crippen molar-refractivity contribution in [3.05, 3.63) is 72.3 Å². The lowest BCUT2D eigenvalue weighted by molar-refractivity contribution is 0.0680. The van der Waals surface area contributed by atoms with E-state index in [4.69, 9.17) is 9.47 Å². The normalized spacial score (nSPS) is 16.5. The molecule has 1 N–H and O–H groups in total. The highest BCUT2D eigenvalue weighted by Crippen LogP contribution is 2.21. The summed E-state index contributed by atoms with van der Waals surface area (Å²) in [5.74, 6) is 0.601. The van der Waals surface area contributed by atoms with E-state index in [1.807, 2.05) is 66.7 Å². The lowest BCUT2D eigenvalue weighted by Crippen LogP contribution is -2.16. The van der Waals surface area contributed by atoms with Crippen molar-refractivity contribution in [2.45, 2.75) is 18.9 Å². The molecule has 1 aliphatic heterocycles. The van der Waals surface area contributed by atoms with E-state index in [2.05, 4.69) is 5.32 Å². The molecule has 3 aromatic rings. The van der Waals surface area contributed by atoms with Gasteiger partial charge in [-0.15, -0.1) is 0 Å². The Hall–Kier alpha value is -2.85. The topological polar surface area (TPSA) is 47.6 Å². The van der Waals surface area contributed by atoms with Crippen molar-refractivity contribution in [3.8, 4) is 5.75 Å². The van der Waals surface area contributed by atoms with Gasteiger partial charge in [-0.1, -0.05) is 36.4 Å². The largest absolute Gasteiger partial charge is 0.491 e. The van der Waals surface area contributed by atoms with E-state index in [-0.39, 0.29) is 12.0 Å². The van der Waals surface area contributed by atoms with Gasteiger partial charge < -0.3 is 14.8 Å². The number of amides is 1. The van der Waals surface area contributed by atoms with Crippen LogP contribution < -0.4 is 10.1 Å². The van der Waals surface area contributed by atoms with E-state index in [1.54, 1.807) is 0 Å². The Bertz CT molecular complexity index is 916. The molecule has 26 heavy (non-hydrogen) atoms. The first-order valence-corrected chi connectivity index (χ1v) is 8.92. The van der Waals surface area contributed by atoms with Crippen LogP contribution in [-0.4, -0.2) is 25.2 Å². The number of rotatable bonds is 5. The van der Waals surface area contributed by atoms with Crippen LogP contribution in [0.5, 0.6) is 5.75 Å². The summed E-state index contributed by atoms with van der Waals surface area (Å²) in [5.41, 5.74) is 1.35. The highest BCUT2D eigenvalue weighted by Gasteiger charge is 2.16. The molecule has 1 saturated heterocycles. The van der Waals surface area contributed by atoms with Crippen LogP contribution in [0, 0.1) is 0 Å². The van der Waals surface area contributed by atoms with Crippen molar-refractivity contribution in [2.75, 3.05) is 18.5 Å². The molecule has 0 aliphatic carbocycles. The zero-order valence-electron chi connectivity index (χ0n) is 14.5. The summed E-state index contributed by atoms with van der Waals surface area (Å²) in [5, 5.41) is 5.11. The third-order valence-electron chi connectivity index (χ3n) is 4.56. The third-order valence-corrected chi connectivity index (χ3v) is 4.56. The number of fused-ring (bicyclic) bond motifs is 1. The Balaban J connectivity index is 1.43. The number of benzene rings is 3. The molecule has 0 bridgehead atoms. The van der Waals surface area contributed by atoms with Crippen molar-refractivity contribution in [3.63, 3.8) is 0 Å². The SMILES string of the molecule is O=C(Nc1cccc(OCC2CCCO2)c1)c1ccc2ccccc2c1. The molecule has 132 valence electrons. The minimum atomic E-state index is -0.132. The van der Waals surface area contributed by atoms with Crippen LogP contribution in [0.1, 0.15) is 23.2 Å². The predicted octanol–water partition coefficient (Wildman–Crippen LogP) is 4.65. The maximum absolute atomic E-state index is 12.6. The minimum absolute atomic E-state index is 0.132. The molecule has 4 heteroatoms. The van der Waals surface area contributed by atoms with Crippen LogP contribution in [0.2, 0.25) is 0 Å². The van der Waals surface area contributed by atoms with E-state index >= 15 is 0 Å². The second kappa shape index (κ2) is 7.58. The van der Waals surface area contributed by atoms with Gasteiger partial charge >= 0.3 is 0 Å². The second-order valence-corrected chi connectivity index (χ2v) is 6.49. The Morgan fingerprint density at radius 3 is 2.77 bits per heavy atom. The Labute approximate surface area is 152 Å². The summed E-state index contributed by atoms with van der Waals surface area (Å²) in [4.78, 5) is 12.6. The molecule has 4 nitrogen and oxygen atoms in total. The summed E-state index contributed by atoms with van der Waals surface area (Å²) in [6, 6.07) is 21.2. The van der Waals surface area contributed by atoms with Gasteiger partial charge in [-0.2, -0.15) is 0 Å². The summed E-state index contributed by atoms with van der Waals surface area (Å²) >= 11 is 0. The van der Waals surface area contributed by atoms with Crippen molar-refractivity contribution in [1.82, 2.24) is 0 Å². The number of carbonyl (C=O) groups is 1. The lowest BCUT2D eigenvalue weighted by Gasteiger charge is -2.12. The summed E-state index contributed by atoms with van der Waals surface area (Å²) < 4.78 is 11.4. The highest BCUT2D eigenvalue weighted by atomic mass is 16.5. The molecule has 0 spiro atoms. The lowest BCUT2D eigenvalue weighted by atomic mass is 10.1. The molecule has 4 rings (SSSR count). The van der Waals surface area contributed by atoms with Crippen molar-refractivity contribution in [2.24, 2.45) is 0 Å². The van der Waals surface area contributed by atoms with Gasteiger partial charge in [-0.3, -0.25) is 4.79 Å². The van der Waals surface area contributed by atoms with Crippen LogP contribution in [0.4, 0.5) is 5.69 Å². The third kappa shape index (κ3) is 3.86. The van der Waals surface area contributed by atoms with Gasteiger partial charge in [0, 0.05) is 23.9 Å². The van der Waals surface area contributed by atoms with Crippen LogP contribution in [0.3, 0.4) is 0 Å². The smallest absolute Gasteiger partial charge is 0.255 e. The van der Waals surface area contributed by atoms with Crippen LogP contribution in [0.25, 0.3) is 10.8 Å². The van der Waals surface area contributed by atoms with Crippen molar-refractivity contribution in [1.29, 1.82) is 0 Å². The molecule has 1 fully saturated rings. The van der Waals surface area contributed by atoms with Gasteiger partial charge in [-0.25, -0.2) is 0 Å². The zero-order valence-corrected chi connectivity index (χ0v) is 14.5. The molecule has 1 unspecified atom stereocenters. The monoisotopic (exact) mass is 347 g/mol. The number of carbonyl (C=O) groups excluding carboxylic acids is 1. The number of nitrogens with one attached hydrogen (secondary N) is 1.